The van der Waals surface area contributed by atoms with Crippen molar-refractivity contribution in [3.63, 3.8) is 0 Å². The molecule has 0 aliphatic heterocycles. The van der Waals surface area contributed by atoms with Gasteiger partial charge in [0.2, 0.25) is 0 Å². The fraction of sp³-hybridized carbons (Fsp3) is 0.0909. The molecule has 0 N–H and O–H groups in total. The SMILES string of the molecule is COc1ccc(Cn2c(-c3ccc([N+](=O)[O-])cc3)csc2=Nc2cccnc2)cc1. The van der Waals surface area contributed by atoms with E-state index in [-0.39, 0.29) is 5.69 Å². The largest absolute Gasteiger partial charge is 0.497 e. The number of pyridine rings is 1. The summed E-state index contributed by atoms with van der Waals surface area (Å²) < 4.78 is 7.34. The van der Waals surface area contributed by atoms with Crippen LogP contribution in [-0.4, -0.2) is 21.6 Å². The number of nitrogens with zero attached hydrogens (tertiary/aromatic N) is 4. The molecule has 0 saturated heterocycles. The highest BCUT2D eigenvalue weighted by Gasteiger charge is 2.11. The highest BCUT2D eigenvalue weighted by Crippen LogP contribution is 2.24. The Bertz CT molecular complexity index is 1210. The van der Waals surface area contributed by atoms with Gasteiger partial charge in [0.1, 0.15) is 5.75 Å². The Morgan fingerprint density at radius 3 is 2.53 bits per heavy atom. The van der Waals surface area contributed by atoms with E-state index in [1.165, 1.54) is 23.5 Å². The zero-order chi connectivity index (χ0) is 20.9. The van der Waals surface area contributed by atoms with Crippen molar-refractivity contribution in [2.24, 2.45) is 4.99 Å². The molecule has 8 heteroatoms. The van der Waals surface area contributed by atoms with E-state index < -0.39 is 4.92 Å². The quantitative estimate of drug-likeness (QED) is 0.332. The van der Waals surface area contributed by atoms with Gasteiger partial charge in [-0.2, -0.15) is 0 Å². The molecule has 2 aromatic carbocycles. The number of benzene rings is 2. The molecule has 0 radical (unpaired) electrons. The lowest BCUT2D eigenvalue weighted by Crippen LogP contribution is -2.16. The number of nitro benzene ring substituents is 1. The van der Waals surface area contributed by atoms with Crippen molar-refractivity contribution in [1.29, 1.82) is 0 Å². The maximum Gasteiger partial charge on any atom is 0.269 e. The number of nitro groups is 1. The van der Waals surface area contributed by atoms with Crippen LogP contribution in [-0.2, 0) is 6.54 Å². The summed E-state index contributed by atoms with van der Waals surface area (Å²) in [5.74, 6) is 0.796. The number of ether oxygens (including phenoxy) is 1. The number of thiazole rings is 1. The van der Waals surface area contributed by atoms with Crippen LogP contribution >= 0.6 is 11.3 Å². The van der Waals surface area contributed by atoms with Crippen LogP contribution in [0.3, 0.4) is 0 Å². The Morgan fingerprint density at radius 2 is 1.90 bits per heavy atom. The molecule has 2 heterocycles. The van der Waals surface area contributed by atoms with Gasteiger partial charge in [-0.15, -0.1) is 11.3 Å². The van der Waals surface area contributed by atoms with Crippen LogP contribution < -0.4 is 9.54 Å². The molecule has 4 rings (SSSR count). The number of hydrogen-bond donors (Lipinski definition) is 0. The van der Waals surface area contributed by atoms with Gasteiger partial charge in [-0.25, -0.2) is 4.99 Å². The van der Waals surface area contributed by atoms with Gasteiger partial charge < -0.3 is 9.30 Å². The molecule has 0 fully saturated rings. The van der Waals surface area contributed by atoms with E-state index in [4.69, 9.17) is 9.73 Å². The summed E-state index contributed by atoms with van der Waals surface area (Å²) in [6.07, 6.45) is 3.42. The van der Waals surface area contributed by atoms with E-state index in [0.29, 0.717) is 6.54 Å². The maximum atomic E-state index is 11.0. The Kier molecular flexibility index (Phi) is 5.67. The molecule has 0 aliphatic carbocycles. The summed E-state index contributed by atoms with van der Waals surface area (Å²) in [5, 5.41) is 13.0. The van der Waals surface area contributed by atoms with E-state index in [2.05, 4.69) is 9.55 Å². The van der Waals surface area contributed by atoms with Gasteiger partial charge in [-0.05, 0) is 47.5 Å². The third-order valence-corrected chi connectivity index (χ3v) is 5.41. The summed E-state index contributed by atoms with van der Waals surface area (Å²) >= 11 is 1.51. The van der Waals surface area contributed by atoms with Crippen molar-refractivity contribution in [3.8, 4) is 17.0 Å². The van der Waals surface area contributed by atoms with E-state index >= 15 is 0 Å². The van der Waals surface area contributed by atoms with Gasteiger partial charge in [-0.3, -0.25) is 15.1 Å². The van der Waals surface area contributed by atoms with Gasteiger partial charge >= 0.3 is 0 Å². The highest BCUT2D eigenvalue weighted by molar-refractivity contribution is 7.07. The second-order valence-corrected chi connectivity index (χ2v) is 7.30. The second-order valence-electron chi connectivity index (χ2n) is 6.46. The summed E-state index contributed by atoms with van der Waals surface area (Å²) in [7, 11) is 1.64. The van der Waals surface area contributed by atoms with Crippen LogP contribution in [0.2, 0.25) is 0 Å². The third-order valence-electron chi connectivity index (χ3n) is 4.54. The normalized spacial score (nSPS) is 11.4. The molecule has 0 saturated carbocycles. The first-order valence-electron chi connectivity index (χ1n) is 9.15. The molecule has 0 aliphatic rings. The van der Waals surface area contributed by atoms with E-state index in [9.17, 15) is 10.1 Å². The summed E-state index contributed by atoms with van der Waals surface area (Å²) in [6, 6.07) is 18.2. The standard InChI is InChI=1S/C22H18N4O3S/c1-29-20-10-4-16(5-11-20)14-25-21(17-6-8-19(9-7-17)26(27)28)15-30-22(25)24-18-3-2-12-23-13-18/h2-13,15H,14H2,1H3. The molecular weight excluding hydrogens is 400 g/mol. The molecular formula is C22H18N4O3S. The lowest BCUT2D eigenvalue weighted by atomic mass is 10.1. The van der Waals surface area contributed by atoms with Gasteiger partial charge in [0.15, 0.2) is 4.80 Å². The lowest BCUT2D eigenvalue weighted by Gasteiger charge is -2.10. The Hall–Kier alpha value is -3.78. The molecule has 2 aromatic heterocycles. The fourth-order valence-electron chi connectivity index (χ4n) is 3.00. The zero-order valence-electron chi connectivity index (χ0n) is 16.1. The van der Waals surface area contributed by atoms with Crippen LogP contribution in [0.15, 0.2) is 83.4 Å². The third kappa shape index (κ3) is 4.28. The molecule has 7 nitrogen and oxygen atoms in total. The monoisotopic (exact) mass is 418 g/mol. The predicted molar refractivity (Wildman–Crippen MR) is 116 cm³/mol. The minimum Gasteiger partial charge on any atom is -0.497 e. The van der Waals surface area contributed by atoms with Crippen LogP contribution in [0.1, 0.15) is 5.56 Å². The lowest BCUT2D eigenvalue weighted by molar-refractivity contribution is -0.384. The topological polar surface area (TPSA) is 82.5 Å². The van der Waals surface area contributed by atoms with Crippen molar-refractivity contribution < 1.29 is 9.66 Å². The number of non-ortho nitro benzene ring substituents is 1. The molecule has 30 heavy (non-hydrogen) atoms. The molecule has 150 valence electrons. The van der Waals surface area contributed by atoms with Crippen LogP contribution in [0.25, 0.3) is 11.3 Å². The van der Waals surface area contributed by atoms with E-state index in [0.717, 1.165) is 33.1 Å². The Labute approximate surface area is 176 Å². The Balaban J connectivity index is 1.79. The molecule has 0 amide bonds. The van der Waals surface area contributed by atoms with Gasteiger partial charge in [0, 0.05) is 23.7 Å². The first kappa shape index (κ1) is 19.5. The molecule has 4 aromatic rings. The first-order valence-corrected chi connectivity index (χ1v) is 10.0. The Morgan fingerprint density at radius 1 is 1.13 bits per heavy atom. The minimum atomic E-state index is -0.397. The molecule has 0 unspecified atom stereocenters. The predicted octanol–water partition coefficient (Wildman–Crippen LogP) is 4.81. The summed E-state index contributed by atoms with van der Waals surface area (Å²) in [4.78, 5) is 20.3. The van der Waals surface area contributed by atoms with Crippen molar-refractivity contribution in [2.45, 2.75) is 6.54 Å². The molecule has 0 atom stereocenters. The van der Waals surface area contributed by atoms with Crippen molar-refractivity contribution in [1.82, 2.24) is 9.55 Å². The van der Waals surface area contributed by atoms with E-state index in [1.807, 2.05) is 41.8 Å². The number of methoxy groups -OCH3 is 1. The first-order chi connectivity index (χ1) is 14.6. The maximum absolute atomic E-state index is 11.0. The number of hydrogen-bond acceptors (Lipinski definition) is 6. The average Bonchev–Trinajstić information content (AvgIpc) is 3.17. The van der Waals surface area contributed by atoms with E-state index in [1.54, 1.807) is 31.6 Å². The van der Waals surface area contributed by atoms with Crippen LogP contribution in [0.5, 0.6) is 5.75 Å². The molecule has 0 spiro atoms. The number of rotatable bonds is 6. The average molecular weight is 418 g/mol. The summed E-state index contributed by atoms with van der Waals surface area (Å²) in [5.41, 5.74) is 3.74. The van der Waals surface area contributed by atoms with Crippen molar-refractivity contribution in [3.05, 3.63) is 98.9 Å². The van der Waals surface area contributed by atoms with Crippen LogP contribution in [0, 0.1) is 10.1 Å². The summed E-state index contributed by atoms with van der Waals surface area (Å²) in [6.45, 7) is 0.596. The van der Waals surface area contributed by atoms with Crippen molar-refractivity contribution >= 4 is 22.7 Å². The highest BCUT2D eigenvalue weighted by atomic mass is 32.1. The van der Waals surface area contributed by atoms with Crippen molar-refractivity contribution in [2.75, 3.05) is 7.11 Å². The number of aromatic nitrogens is 2. The molecule has 0 bridgehead atoms. The second kappa shape index (κ2) is 8.71. The van der Waals surface area contributed by atoms with Gasteiger partial charge in [-0.1, -0.05) is 12.1 Å². The zero-order valence-corrected chi connectivity index (χ0v) is 17.0. The smallest absolute Gasteiger partial charge is 0.269 e. The van der Waals surface area contributed by atoms with Gasteiger partial charge in [0.25, 0.3) is 5.69 Å². The van der Waals surface area contributed by atoms with Gasteiger partial charge in [0.05, 0.1) is 36.2 Å². The minimum absolute atomic E-state index is 0.0657. The fourth-order valence-corrected chi connectivity index (χ4v) is 3.93. The van der Waals surface area contributed by atoms with Crippen LogP contribution in [0.4, 0.5) is 11.4 Å².